The van der Waals surface area contributed by atoms with Gasteiger partial charge in [-0.05, 0) is 43.9 Å². The number of hydrogen-bond acceptors (Lipinski definition) is 1. The molecule has 0 heterocycles. The summed E-state index contributed by atoms with van der Waals surface area (Å²) in [5.74, 6) is -0.119. The molecule has 1 aromatic carbocycles. The maximum Gasteiger partial charge on any atom is 0.126 e. The van der Waals surface area contributed by atoms with Crippen LogP contribution in [0.5, 0.6) is 0 Å². The minimum atomic E-state index is -0.119. The van der Waals surface area contributed by atoms with Gasteiger partial charge in [-0.1, -0.05) is 12.1 Å². The second-order valence-electron chi connectivity index (χ2n) is 4.50. The van der Waals surface area contributed by atoms with Crippen molar-refractivity contribution in [3.8, 4) is 0 Å². The normalized spacial score (nSPS) is 18.2. The molecule has 2 rings (SSSR count). The van der Waals surface area contributed by atoms with Crippen molar-refractivity contribution in [2.24, 2.45) is 0 Å². The zero-order chi connectivity index (χ0) is 10.2. The number of hydrogen-bond donors (Lipinski definition) is 1. The van der Waals surface area contributed by atoms with Gasteiger partial charge in [-0.2, -0.15) is 0 Å². The molecule has 1 nitrogen and oxygen atoms in total. The fourth-order valence-electron chi connectivity index (χ4n) is 1.50. The van der Waals surface area contributed by atoms with Crippen LogP contribution in [0.3, 0.4) is 0 Å². The smallest absolute Gasteiger partial charge is 0.126 e. The Hall–Kier alpha value is -0.890. The molecular weight excluding hydrogens is 177 g/mol. The topological polar surface area (TPSA) is 12.0 Å². The molecule has 1 N–H and O–H groups in total. The third kappa shape index (κ3) is 2.13. The SMILES string of the molecule is Cc1cc(CNC2(C)CC2)ccc1F. The number of rotatable bonds is 3. The molecule has 76 valence electrons. The van der Waals surface area contributed by atoms with Crippen LogP contribution in [-0.4, -0.2) is 5.54 Å². The van der Waals surface area contributed by atoms with E-state index in [0.29, 0.717) is 5.54 Å². The molecule has 0 aliphatic heterocycles. The highest BCUT2D eigenvalue weighted by atomic mass is 19.1. The molecule has 2 heteroatoms. The summed E-state index contributed by atoms with van der Waals surface area (Å²) >= 11 is 0. The van der Waals surface area contributed by atoms with Crippen LogP contribution in [0.2, 0.25) is 0 Å². The first-order valence-electron chi connectivity index (χ1n) is 5.09. The highest BCUT2D eigenvalue weighted by molar-refractivity contribution is 5.24. The third-order valence-corrected chi connectivity index (χ3v) is 2.94. The van der Waals surface area contributed by atoms with E-state index in [9.17, 15) is 4.39 Å². The van der Waals surface area contributed by atoms with Crippen molar-refractivity contribution in [1.29, 1.82) is 0 Å². The minimum Gasteiger partial charge on any atom is -0.307 e. The summed E-state index contributed by atoms with van der Waals surface area (Å²) in [6, 6.07) is 5.30. The van der Waals surface area contributed by atoms with Gasteiger partial charge in [-0.25, -0.2) is 4.39 Å². The van der Waals surface area contributed by atoms with Crippen LogP contribution in [0.25, 0.3) is 0 Å². The average Bonchev–Trinajstić information content (AvgIpc) is 2.87. The van der Waals surface area contributed by atoms with E-state index in [1.54, 1.807) is 13.0 Å². The van der Waals surface area contributed by atoms with Gasteiger partial charge in [0.2, 0.25) is 0 Å². The predicted molar refractivity (Wildman–Crippen MR) is 55.6 cm³/mol. The zero-order valence-corrected chi connectivity index (χ0v) is 8.73. The standard InChI is InChI=1S/C12H16FN/c1-9-7-10(3-4-11(9)13)8-14-12(2)5-6-12/h3-4,7,14H,5-6,8H2,1-2H3. The Morgan fingerprint density at radius 3 is 2.71 bits per heavy atom. The third-order valence-electron chi connectivity index (χ3n) is 2.94. The molecule has 1 aliphatic carbocycles. The Morgan fingerprint density at radius 1 is 1.43 bits per heavy atom. The van der Waals surface area contributed by atoms with Gasteiger partial charge >= 0.3 is 0 Å². The van der Waals surface area contributed by atoms with E-state index in [2.05, 4.69) is 12.2 Å². The van der Waals surface area contributed by atoms with Gasteiger partial charge in [-0.3, -0.25) is 0 Å². The van der Waals surface area contributed by atoms with E-state index < -0.39 is 0 Å². The first-order valence-corrected chi connectivity index (χ1v) is 5.09. The number of benzene rings is 1. The summed E-state index contributed by atoms with van der Waals surface area (Å²) in [4.78, 5) is 0. The van der Waals surface area contributed by atoms with Crippen LogP contribution in [0.15, 0.2) is 18.2 Å². The van der Waals surface area contributed by atoms with Gasteiger partial charge in [0.1, 0.15) is 5.82 Å². The van der Waals surface area contributed by atoms with Crippen LogP contribution in [0, 0.1) is 12.7 Å². The van der Waals surface area contributed by atoms with Crippen molar-refractivity contribution in [3.63, 3.8) is 0 Å². The molecule has 0 amide bonds. The first-order chi connectivity index (χ1) is 6.59. The van der Waals surface area contributed by atoms with E-state index in [1.165, 1.54) is 12.8 Å². The van der Waals surface area contributed by atoms with Crippen LogP contribution < -0.4 is 5.32 Å². The van der Waals surface area contributed by atoms with Crippen LogP contribution >= 0.6 is 0 Å². The summed E-state index contributed by atoms with van der Waals surface area (Å²) in [6.07, 6.45) is 2.51. The van der Waals surface area contributed by atoms with Gasteiger partial charge in [0.05, 0.1) is 0 Å². The lowest BCUT2D eigenvalue weighted by molar-refractivity contribution is 0.536. The lowest BCUT2D eigenvalue weighted by Gasteiger charge is -2.11. The first kappa shape index (κ1) is 9.66. The predicted octanol–water partition coefficient (Wildman–Crippen LogP) is 2.78. The van der Waals surface area contributed by atoms with E-state index in [0.717, 1.165) is 17.7 Å². The molecular formula is C12H16FN. The molecule has 0 unspecified atom stereocenters. The fourth-order valence-corrected chi connectivity index (χ4v) is 1.50. The van der Waals surface area contributed by atoms with Gasteiger partial charge in [0, 0.05) is 12.1 Å². The van der Waals surface area contributed by atoms with Crippen molar-refractivity contribution < 1.29 is 4.39 Å². The number of halogens is 1. The molecule has 0 atom stereocenters. The zero-order valence-electron chi connectivity index (χ0n) is 8.73. The molecule has 0 bridgehead atoms. The summed E-state index contributed by atoms with van der Waals surface area (Å²) in [6.45, 7) is 4.87. The maximum absolute atomic E-state index is 13.0. The minimum absolute atomic E-state index is 0.119. The van der Waals surface area contributed by atoms with Gasteiger partial charge < -0.3 is 5.32 Å². The van der Waals surface area contributed by atoms with E-state index in [-0.39, 0.29) is 5.82 Å². The van der Waals surface area contributed by atoms with Crippen LogP contribution in [0.4, 0.5) is 4.39 Å². The van der Waals surface area contributed by atoms with Gasteiger partial charge in [0.15, 0.2) is 0 Å². The monoisotopic (exact) mass is 193 g/mol. The van der Waals surface area contributed by atoms with Crippen molar-refractivity contribution >= 4 is 0 Å². The Morgan fingerprint density at radius 2 is 2.14 bits per heavy atom. The summed E-state index contributed by atoms with van der Waals surface area (Å²) < 4.78 is 13.0. The number of nitrogens with one attached hydrogen (secondary N) is 1. The second-order valence-corrected chi connectivity index (χ2v) is 4.50. The second kappa shape index (κ2) is 3.35. The molecule has 1 aliphatic rings. The lowest BCUT2D eigenvalue weighted by Crippen LogP contribution is -2.26. The number of aryl methyl sites for hydroxylation is 1. The molecule has 1 saturated carbocycles. The van der Waals surface area contributed by atoms with E-state index in [4.69, 9.17) is 0 Å². The molecule has 14 heavy (non-hydrogen) atoms. The average molecular weight is 193 g/mol. The Labute approximate surface area is 84.3 Å². The van der Waals surface area contributed by atoms with Crippen LogP contribution in [-0.2, 0) is 6.54 Å². The summed E-state index contributed by atoms with van der Waals surface area (Å²) in [7, 11) is 0. The fraction of sp³-hybridized carbons (Fsp3) is 0.500. The van der Waals surface area contributed by atoms with Crippen molar-refractivity contribution in [2.75, 3.05) is 0 Å². The molecule has 0 radical (unpaired) electrons. The quantitative estimate of drug-likeness (QED) is 0.778. The lowest BCUT2D eigenvalue weighted by atomic mass is 10.1. The summed E-state index contributed by atoms with van der Waals surface area (Å²) in [5, 5.41) is 3.47. The molecule has 0 saturated heterocycles. The molecule has 1 fully saturated rings. The highest BCUT2D eigenvalue weighted by Gasteiger charge is 2.36. The van der Waals surface area contributed by atoms with Crippen molar-refractivity contribution in [3.05, 3.63) is 35.1 Å². The largest absolute Gasteiger partial charge is 0.307 e. The molecule has 0 aromatic heterocycles. The van der Waals surface area contributed by atoms with Crippen molar-refractivity contribution in [2.45, 2.75) is 38.8 Å². The Bertz CT molecular complexity index is 342. The molecule has 1 aromatic rings. The van der Waals surface area contributed by atoms with Crippen molar-refractivity contribution in [1.82, 2.24) is 5.32 Å². The highest BCUT2D eigenvalue weighted by Crippen LogP contribution is 2.34. The Kier molecular flexibility index (Phi) is 2.31. The summed E-state index contributed by atoms with van der Waals surface area (Å²) in [5.41, 5.74) is 2.24. The molecule has 0 spiro atoms. The van der Waals surface area contributed by atoms with E-state index >= 15 is 0 Å². The maximum atomic E-state index is 13.0. The van der Waals surface area contributed by atoms with Crippen LogP contribution in [0.1, 0.15) is 30.9 Å². The Balaban J connectivity index is 1.99. The van der Waals surface area contributed by atoms with Gasteiger partial charge in [-0.15, -0.1) is 0 Å². The van der Waals surface area contributed by atoms with E-state index in [1.807, 2.05) is 12.1 Å². The van der Waals surface area contributed by atoms with Gasteiger partial charge in [0.25, 0.3) is 0 Å².